The van der Waals surface area contributed by atoms with Crippen LogP contribution in [0.15, 0.2) is 35.6 Å². The Bertz CT molecular complexity index is 1020. The lowest BCUT2D eigenvalue weighted by Crippen LogP contribution is -2.60. The highest BCUT2D eigenvalue weighted by Crippen LogP contribution is 2.51. The van der Waals surface area contributed by atoms with E-state index in [1.54, 1.807) is 13.8 Å². The summed E-state index contributed by atoms with van der Waals surface area (Å²) < 4.78 is 36.8. The summed E-state index contributed by atoms with van der Waals surface area (Å²) in [6, 6.07) is 3.95. The van der Waals surface area contributed by atoms with Crippen molar-refractivity contribution < 1.29 is 18.3 Å². The maximum Gasteiger partial charge on any atom is 0.275 e. The molecular weight excluding hydrogens is 412 g/mol. The molecule has 1 fully saturated rings. The fourth-order valence-corrected chi connectivity index (χ4v) is 4.75. The monoisotopic (exact) mass is 433 g/mol. The Balaban J connectivity index is 1.72. The molecule has 158 valence electrons. The van der Waals surface area contributed by atoms with Gasteiger partial charge in [0.25, 0.3) is 5.91 Å². The zero-order chi connectivity index (χ0) is 21.5. The van der Waals surface area contributed by atoms with Crippen LogP contribution in [0, 0.1) is 12.7 Å². The summed E-state index contributed by atoms with van der Waals surface area (Å²) in [5.41, 5.74) is 3.49. The van der Waals surface area contributed by atoms with Crippen molar-refractivity contribution in [3.8, 4) is 0 Å². The number of nitrogens with zero attached hydrogens (tertiary/aromatic N) is 3. The molecule has 1 saturated heterocycles. The third-order valence-electron chi connectivity index (χ3n) is 5.36. The van der Waals surface area contributed by atoms with Gasteiger partial charge in [0.15, 0.2) is 10.8 Å². The minimum absolute atomic E-state index is 0.00654. The molecule has 2 aliphatic heterocycles. The largest absolute Gasteiger partial charge is 0.379 e. The number of rotatable bonds is 3. The van der Waals surface area contributed by atoms with Crippen molar-refractivity contribution in [1.29, 1.82) is 0 Å². The first-order valence-corrected chi connectivity index (χ1v) is 10.4. The number of aliphatic imine (C=N–C) groups is 1. The van der Waals surface area contributed by atoms with E-state index in [4.69, 9.17) is 10.5 Å². The van der Waals surface area contributed by atoms with E-state index in [1.165, 1.54) is 30.6 Å². The number of carbonyl (C=O) groups is 1. The third-order valence-corrected chi connectivity index (χ3v) is 6.35. The molecule has 30 heavy (non-hydrogen) atoms. The van der Waals surface area contributed by atoms with Crippen molar-refractivity contribution in [2.24, 2.45) is 10.7 Å². The second kappa shape index (κ2) is 7.59. The molecule has 1 amide bonds. The molecular formula is C20H21F2N5O2S. The highest BCUT2D eigenvalue weighted by molar-refractivity contribution is 8.13. The molecule has 0 bridgehead atoms. The van der Waals surface area contributed by atoms with E-state index in [-0.39, 0.29) is 47.0 Å². The van der Waals surface area contributed by atoms with E-state index in [9.17, 15) is 9.18 Å². The van der Waals surface area contributed by atoms with Crippen LogP contribution < -0.4 is 11.1 Å². The van der Waals surface area contributed by atoms with E-state index in [0.717, 1.165) is 11.8 Å². The Morgan fingerprint density at radius 3 is 2.90 bits per heavy atom. The number of nitrogens with two attached hydrogens (primary N) is 1. The minimum atomic E-state index is -1.84. The van der Waals surface area contributed by atoms with Crippen molar-refractivity contribution in [3.05, 3.63) is 53.4 Å². The number of nitrogens with one attached hydrogen (secondary N) is 1. The third kappa shape index (κ3) is 3.54. The van der Waals surface area contributed by atoms with E-state index in [2.05, 4.69) is 20.3 Å². The molecule has 3 heterocycles. The average molecular weight is 433 g/mol. The normalized spacial score (nSPS) is 28.4. The maximum absolute atomic E-state index is 16.1. The highest BCUT2D eigenvalue weighted by Gasteiger charge is 2.60. The van der Waals surface area contributed by atoms with Gasteiger partial charge in [0, 0.05) is 29.6 Å². The minimum Gasteiger partial charge on any atom is -0.379 e. The van der Waals surface area contributed by atoms with Crippen LogP contribution in [0.25, 0.3) is 0 Å². The van der Waals surface area contributed by atoms with Gasteiger partial charge in [0.1, 0.15) is 17.1 Å². The predicted molar refractivity (Wildman–Crippen MR) is 111 cm³/mol. The van der Waals surface area contributed by atoms with Gasteiger partial charge >= 0.3 is 0 Å². The second-order valence-corrected chi connectivity index (χ2v) is 8.58. The Labute approximate surface area is 176 Å². The molecule has 0 unspecified atom stereocenters. The number of anilines is 1. The zero-order valence-electron chi connectivity index (χ0n) is 16.5. The molecule has 4 rings (SSSR count). The number of hydrogen-bond acceptors (Lipinski definition) is 7. The SMILES string of the molecule is Cc1cnc(C(=O)Nc2ccc(F)c([C@]34CO[C@@H](C)C[C@@]3(F)CSC(N)=N4)c2)cn1. The van der Waals surface area contributed by atoms with E-state index in [1.807, 2.05) is 0 Å². The molecule has 10 heteroatoms. The quantitative estimate of drug-likeness (QED) is 0.772. The van der Waals surface area contributed by atoms with Crippen LogP contribution in [0.1, 0.15) is 35.1 Å². The first-order chi connectivity index (χ1) is 14.2. The van der Waals surface area contributed by atoms with Gasteiger partial charge in [-0.2, -0.15) is 0 Å². The topological polar surface area (TPSA) is 102 Å². The Kier molecular flexibility index (Phi) is 5.23. The van der Waals surface area contributed by atoms with E-state index >= 15 is 4.39 Å². The lowest BCUT2D eigenvalue weighted by Gasteiger charge is -2.49. The van der Waals surface area contributed by atoms with Gasteiger partial charge in [-0.05, 0) is 32.0 Å². The fourth-order valence-electron chi connectivity index (χ4n) is 3.80. The summed E-state index contributed by atoms with van der Waals surface area (Å²) in [7, 11) is 0. The van der Waals surface area contributed by atoms with Gasteiger partial charge in [0.2, 0.25) is 0 Å². The number of fused-ring (bicyclic) bond motifs is 1. The number of halogens is 2. The smallest absolute Gasteiger partial charge is 0.275 e. The summed E-state index contributed by atoms with van der Waals surface area (Å²) in [6.07, 6.45) is 2.55. The van der Waals surface area contributed by atoms with Crippen molar-refractivity contribution in [2.75, 3.05) is 17.7 Å². The summed E-state index contributed by atoms with van der Waals surface area (Å²) in [5, 5.41) is 2.82. The molecule has 0 radical (unpaired) electrons. The predicted octanol–water partition coefficient (Wildman–Crippen LogP) is 2.95. The fraction of sp³-hybridized carbons (Fsp3) is 0.400. The average Bonchev–Trinajstić information content (AvgIpc) is 2.70. The maximum atomic E-state index is 16.1. The summed E-state index contributed by atoms with van der Waals surface area (Å²) >= 11 is 1.11. The molecule has 3 N–H and O–H groups in total. The highest BCUT2D eigenvalue weighted by atomic mass is 32.2. The molecule has 1 aromatic heterocycles. The van der Waals surface area contributed by atoms with Gasteiger partial charge in [-0.25, -0.2) is 18.8 Å². The summed E-state index contributed by atoms with van der Waals surface area (Å²) in [4.78, 5) is 24.9. The first-order valence-electron chi connectivity index (χ1n) is 9.41. The Morgan fingerprint density at radius 2 is 2.17 bits per heavy atom. The number of amidine groups is 1. The van der Waals surface area contributed by atoms with Crippen LogP contribution in [0.2, 0.25) is 0 Å². The molecule has 1 aromatic carbocycles. The number of hydrogen-bond donors (Lipinski definition) is 2. The van der Waals surface area contributed by atoms with Crippen LogP contribution in [0.5, 0.6) is 0 Å². The van der Waals surface area contributed by atoms with Crippen molar-refractivity contribution in [3.63, 3.8) is 0 Å². The molecule has 3 atom stereocenters. The zero-order valence-corrected chi connectivity index (χ0v) is 17.3. The van der Waals surface area contributed by atoms with Crippen molar-refractivity contribution in [1.82, 2.24) is 9.97 Å². The van der Waals surface area contributed by atoms with Gasteiger partial charge in [0.05, 0.1) is 24.6 Å². The molecule has 7 nitrogen and oxygen atoms in total. The molecule has 0 spiro atoms. The molecule has 2 aliphatic rings. The first kappa shape index (κ1) is 20.7. The lowest BCUT2D eigenvalue weighted by atomic mass is 9.72. The number of ether oxygens (including phenoxy) is 1. The van der Waals surface area contributed by atoms with Gasteiger partial charge in [-0.15, -0.1) is 0 Å². The van der Waals surface area contributed by atoms with Crippen molar-refractivity contribution in [2.45, 2.75) is 37.6 Å². The van der Waals surface area contributed by atoms with E-state index in [0.29, 0.717) is 5.69 Å². The standard InChI is InChI=1S/C20H21F2N5O2S/c1-11-7-25-16(8-24-11)17(28)26-13-3-4-15(21)14(5-13)20-9-29-12(2)6-19(20,22)10-30-18(23)27-20/h3-5,7-8,12H,6,9-10H2,1-2H3,(H2,23,27)(H,26,28)/t12-,19+,20+/m0/s1. The lowest BCUT2D eigenvalue weighted by molar-refractivity contribution is -0.107. The van der Waals surface area contributed by atoms with Crippen LogP contribution in [-0.4, -0.2) is 45.2 Å². The number of amides is 1. The number of alkyl halides is 1. The van der Waals surface area contributed by atoms with Crippen LogP contribution in [-0.2, 0) is 10.3 Å². The van der Waals surface area contributed by atoms with Crippen molar-refractivity contribution >= 4 is 28.5 Å². The van der Waals surface area contributed by atoms with Crippen LogP contribution in [0.3, 0.4) is 0 Å². The number of carbonyl (C=O) groups excluding carboxylic acids is 1. The Hall–Kier alpha value is -2.59. The van der Waals surface area contributed by atoms with Crippen LogP contribution >= 0.6 is 11.8 Å². The number of benzene rings is 1. The van der Waals surface area contributed by atoms with E-state index < -0.39 is 22.9 Å². The summed E-state index contributed by atoms with van der Waals surface area (Å²) in [5.74, 6) is -1.11. The number of aromatic nitrogens is 2. The molecule has 0 aliphatic carbocycles. The molecule has 0 saturated carbocycles. The number of aryl methyl sites for hydroxylation is 1. The Morgan fingerprint density at radius 1 is 1.37 bits per heavy atom. The van der Waals surface area contributed by atoms with Gasteiger partial charge in [-0.3, -0.25) is 9.78 Å². The van der Waals surface area contributed by atoms with Crippen LogP contribution in [0.4, 0.5) is 14.5 Å². The number of thioether (sulfide) groups is 1. The van der Waals surface area contributed by atoms with Gasteiger partial charge < -0.3 is 15.8 Å². The van der Waals surface area contributed by atoms with Gasteiger partial charge in [-0.1, -0.05) is 11.8 Å². The molecule has 2 aromatic rings. The summed E-state index contributed by atoms with van der Waals surface area (Å²) in [6.45, 7) is 3.38. The second-order valence-electron chi connectivity index (χ2n) is 7.58.